The number of aliphatic carboxylic acids is 1. The first kappa shape index (κ1) is 26.8. The summed E-state index contributed by atoms with van der Waals surface area (Å²) in [6.45, 7) is 9.23. The summed E-state index contributed by atoms with van der Waals surface area (Å²) >= 11 is 0. The van der Waals surface area contributed by atoms with Crippen LogP contribution in [-0.2, 0) is 19.2 Å². The van der Waals surface area contributed by atoms with Gasteiger partial charge < -0.3 is 20.4 Å². The Labute approximate surface area is 213 Å². The normalized spacial score (nSPS) is 39.5. The Balaban J connectivity index is 1.42. The first-order valence-corrected chi connectivity index (χ1v) is 13.5. The summed E-state index contributed by atoms with van der Waals surface area (Å²) in [7, 11) is 0. The van der Waals surface area contributed by atoms with Crippen LogP contribution in [0.25, 0.3) is 0 Å². The van der Waals surface area contributed by atoms with Crippen molar-refractivity contribution in [2.45, 2.75) is 97.6 Å². The number of nitrogens with one attached hydrogen (secondary N) is 1. The largest absolute Gasteiger partial charge is 0.480 e. The second-order valence-electron chi connectivity index (χ2n) is 12.4. The van der Waals surface area contributed by atoms with Gasteiger partial charge in [-0.15, -0.1) is 0 Å². The Morgan fingerprint density at radius 1 is 1.11 bits per heavy atom. The summed E-state index contributed by atoms with van der Waals surface area (Å²) in [5.74, 6) is -0.455. The van der Waals surface area contributed by atoms with Crippen LogP contribution in [0.1, 0.15) is 86.0 Å². The smallest absolute Gasteiger partial charge is 0.326 e. The van der Waals surface area contributed by atoms with E-state index in [0.29, 0.717) is 24.2 Å². The molecule has 3 N–H and O–H groups in total. The number of oxime groups is 1. The lowest BCUT2D eigenvalue weighted by Gasteiger charge is -2.59. The van der Waals surface area contributed by atoms with Gasteiger partial charge in [-0.1, -0.05) is 38.4 Å². The molecule has 0 spiro atoms. The molecule has 3 saturated carbocycles. The minimum absolute atomic E-state index is 0.0730. The molecule has 4 rings (SSSR count). The maximum absolute atomic E-state index is 12.4. The third-order valence-electron chi connectivity index (χ3n) is 10.3. The van der Waals surface area contributed by atoms with Gasteiger partial charge in [0.05, 0.1) is 5.71 Å². The van der Waals surface area contributed by atoms with E-state index in [1.807, 2.05) is 0 Å². The number of carbonyl (C=O) groups is 3. The van der Waals surface area contributed by atoms with Crippen LogP contribution in [0, 0.1) is 34.5 Å². The summed E-state index contributed by atoms with van der Waals surface area (Å²) in [4.78, 5) is 41.1. The fourth-order valence-electron chi connectivity index (χ4n) is 8.14. The number of allylic oxidation sites excluding steroid dienone is 2. The number of rotatable bonds is 7. The summed E-state index contributed by atoms with van der Waals surface area (Å²) in [5, 5.41) is 27.2. The molecule has 8 heteroatoms. The number of fused-ring (bicyclic) bond motifs is 5. The molecule has 0 aliphatic heterocycles. The van der Waals surface area contributed by atoms with Crippen molar-refractivity contribution in [1.82, 2.24) is 5.32 Å². The molecular weight excluding hydrogens is 460 g/mol. The number of ketones is 1. The molecule has 4 aliphatic carbocycles. The SMILES string of the molecule is CC(=O)[C@@]1(O)CC[C@H]2[C@@H]3CCC4=C/C(=N\OCC(=O)N[C@@H](C(=O)O)C(C)C)CC[C@]4(C)[C@H]3CC[C@@]21C. The summed E-state index contributed by atoms with van der Waals surface area (Å²) in [5.41, 5.74) is 0.761. The molecule has 8 nitrogen and oxygen atoms in total. The molecule has 3 fully saturated rings. The second kappa shape index (κ2) is 9.58. The van der Waals surface area contributed by atoms with Crippen LogP contribution < -0.4 is 5.32 Å². The van der Waals surface area contributed by atoms with E-state index in [2.05, 4.69) is 30.4 Å². The first-order chi connectivity index (χ1) is 16.8. The van der Waals surface area contributed by atoms with Crippen LogP contribution in [0.5, 0.6) is 0 Å². The molecule has 0 heterocycles. The van der Waals surface area contributed by atoms with E-state index in [-0.39, 0.29) is 29.1 Å². The Morgan fingerprint density at radius 2 is 1.81 bits per heavy atom. The number of nitrogens with zero attached hydrogens (tertiary/aromatic N) is 1. The molecule has 0 unspecified atom stereocenters. The van der Waals surface area contributed by atoms with Crippen LogP contribution in [0.4, 0.5) is 0 Å². The maximum atomic E-state index is 12.4. The van der Waals surface area contributed by atoms with Crippen LogP contribution in [0.3, 0.4) is 0 Å². The van der Waals surface area contributed by atoms with Crippen molar-refractivity contribution in [3.63, 3.8) is 0 Å². The second-order valence-corrected chi connectivity index (χ2v) is 12.4. The van der Waals surface area contributed by atoms with Gasteiger partial charge in [0.25, 0.3) is 5.91 Å². The summed E-state index contributed by atoms with van der Waals surface area (Å²) in [6.07, 6.45) is 9.29. The minimum atomic E-state index is -1.19. The van der Waals surface area contributed by atoms with Gasteiger partial charge in [0.1, 0.15) is 11.6 Å². The van der Waals surface area contributed by atoms with E-state index in [1.165, 1.54) is 5.57 Å². The number of aliphatic hydroxyl groups is 1. The first-order valence-electron chi connectivity index (χ1n) is 13.5. The maximum Gasteiger partial charge on any atom is 0.326 e. The molecule has 200 valence electrons. The molecule has 4 aliphatic rings. The number of carbonyl (C=O) groups excluding carboxylic acids is 2. The van der Waals surface area contributed by atoms with Crippen molar-refractivity contribution in [2.24, 2.45) is 39.7 Å². The number of carboxylic acids is 1. The van der Waals surface area contributed by atoms with E-state index in [1.54, 1.807) is 20.8 Å². The van der Waals surface area contributed by atoms with E-state index in [0.717, 1.165) is 50.7 Å². The Hall–Kier alpha value is -2.22. The van der Waals surface area contributed by atoms with Crippen LogP contribution in [-0.4, -0.2) is 51.8 Å². The third-order valence-corrected chi connectivity index (χ3v) is 10.3. The molecule has 0 radical (unpaired) electrons. The minimum Gasteiger partial charge on any atom is -0.480 e. The average Bonchev–Trinajstić information content (AvgIpc) is 3.09. The highest BCUT2D eigenvalue weighted by molar-refractivity contribution is 5.96. The van der Waals surface area contributed by atoms with Crippen molar-refractivity contribution >= 4 is 23.4 Å². The zero-order chi connectivity index (χ0) is 26.5. The topological polar surface area (TPSA) is 125 Å². The lowest BCUT2D eigenvalue weighted by molar-refractivity contribution is -0.159. The molecule has 7 atom stereocenters. The van der Waals surface area contributed by atoms with Crippen LogP contribution in [0.2, 0.25) is 0 Å². The van der Waals surface area contributed by atoms with Gasteiger partial charge in [-0.25, -0.2) is 4.79 Å². The van der Waals surface area contributed by atoms with Gasteiger partial charge in [0.15, 0.2) is 12.4 Å². The molecule has 1 amide bonds. The third kappa shape index (κ3) is 4.29. The van der Waals surface area contributed by atoms with Crippen molar-refractivity contribution in [1.29, 1.82) is 0 Å². The predicted molar refractivity (Wildman–Crippen MR) is 135 cm³/mol. The quantitative estimate of drug-likeness (QED) is 0.454. The zero-order valence-electron chi connectivity index (χ0n) is 22.3. The molecule has 0 aromatic rings. The number of Topliss-reactive ketones (excluding diaryl/α,β-unsaturated/α-hetero) is 1. The van der Waals surface area contributed by atoms with Crippen molar-refractivity contribution in [3.05, 3.63) is 11.6 Å². The van der Waals surface area contributed by atoms with Gasteiger partial charge in [-0.05, 0) is 93.5 Å². The van der Waals surface area contributed by atoms with Crippen LogP contribution >= 0.6 is 0 Å². The Bertz CT molecular complexity index is 989. The predicted octanol–water partition coefficient (Wildman–Crippen LogP) is 3.87. The fourth-order valence-corrected chi connectivity index (χ4v) is 8.14. The lowest BCUT2D eigenvalue weighted by atomic mass is 9.46. The highest BCUT2D eigenvalue weighted by Crippen LogP contribution is 2.67. The Morgan fingerprint density at radius 3 is 2.44 bits per heavy atom. The van der Waals surface area contributed by atoms with Gasteiger partial charge in [-0.3, -0.25) is 9.59 Å². The molecule has 0 aromatic heterocycles. The van der Waals surface area contributed by atoms with E-state index < -0.39 is 23.5 Å². The zero-order valence-corrected chi connectivity index (χ0v) is 22.3. The van der Waals surface area contributed by atoms with Crippen LogP contribution in [0.15, 0.2) is 16.8 Å². The lowest BCUT2D eigenvalue weighted by Crippen LogP contribution is -2.57. The van der Waals surface area contributed by atoms with Crippen molar-refractivity contribution in [3.8, 4) is 0 Å². The number of amides is 1. The summed E-state index contributed by atoms with van der Waals surface area (Å²) < 4.78 is 0. The Kier molecular flexibility index (Phi) is 7.14. The molecule has 0 bridgehead atoms. The molecular formula is C28H42N2O6. The van der Waals surface area contributed by atoms with Crippen molar-refractivity contribution in [2.75, 3.05) is 6.61 Å². The number of carboxylic acid groups (broad SMARTS) is 1. The highest BCUT2D eigenvalue weighted by Gasteiger charge is 2.65. The van der Waals surface area contributed by atoms with Gasteiger partial charge >= 0.3 is 5.97 Å². The molecule has 0 aromatic carbocycles. The number of hydrogen-bond acceptors (Lipinski definition) is 6. The van der Waals surface area contributed by atoms with Gasteiger partial charge in [0.2, 0.25) is 0 Å². The summed E-state index contributed by atoms with van der Waals surface area (Å²) in [6, 6.07) is -0.954. The average molecular weight is 503 g/mol. The van der Waals surface area contributed by atoms with Gasteiger partial charge in [0, 0.05) is 5.41 Å². The monoisotopic (exact) mass is 502 g/mol. The molecule has 0 saturated heterocycles. The molecule has 36 heavy (non-hydrogen) atoms. The standard InChI is InChI=1S/C28H42N2O6/c1-16(2)24(25(33)34)29-23(32)15-36-30-19-8-11-26(4)18(14-19)6-7-20-21(26)9-12-27(5)22(20)10-13-28(27,35)17(3)31/h14,16,20-22,24,35H,6-13,15H2,1-5H3,(H,29,32)(H,33,34)/b30-19-/t20-,21+,22+,24-,26+,27+,28+/m1/s1. The van der Waals surface area contributed by atoms with Crippen molar-refractivity contribution < 1.29 is 29.4 Å². The van der Waals surface area contributed by atoms with E-state index >= 15 is 0 Å². The van der Waals surface area contributed by atoms with E-state index in [4.69, 9.17) is 4.84 Å². The van der Waals surface area contributed by atoms with E-state index in [9.17, 15) is 24.6 Å². The number of hydrogen-bond donors (Lipinski definition) is 3. The fraction of sp³-hybridized carbons (Fsp3) is 0.786. The van der Waals surface area contributed by atoms with Gasteiger partial charge in [-0.2, -0.15) is 0 Å². The highest BCUT2D eigenvalue weighted by atomic mass is 16.6.